The Morgan fingerprint density at radius 3 is 1.54 bits per heavy atom. The topological polar surface area (TPSA) is 116 Å². The fourth-order valence-corrected chi connectivity index (χ4v) is 6.52. The van der Waals surface area contributed by atoms with E-state index in [-0.39, 0.29) is 25.2 Å². The first-order valence-corrected chi connectivity index (χ1v) is 19.8. The van der Waals surface area contributed by atoms with Crippen molar-refractivity contribution in [2.45, 2.75) is 80.6 Å². The number of aldehydes is 1. The van der Waals surface area contributed by atoms with Crippen molar-refractivity contribution in [2.75, 3.05) is 115 Å². The van der Waals surface area contributed by atoms with E-state index in [0.29, 0.717) is 0 Å². The van der Waals surface area contributed by atoms with Crippen LogP contribution < -0.4 is 15.1 Å². The number of nitrogens with one attached hydrogen (secondary N) is 1. The van der Waals surface area contributed by atoms with Crippen molar-refractivity contribution in [1.82, 2.24) is 20.0 Å². The number of morpholine rings is 2. The first kappa shape index (κ1) is 46.5. The molecule has 2 amide bonds. The van der Waals surface area contributed by atoms with Gasteiger partial charge in [-0.3, -0.25) is 9.69 Å². The number of hydrogen-bond acceptors (Lipinski definition) is 11. The fraction of sp³-hybridized carbons (Fsp3) is 0.651. The number of amides is 2. The van der Waals surface area contributed by atoms with Crippen LogP contribution >= 0.6 is 0 Å². The van der Waals surface area contributed by atoms with Crippen LogP contribution in [0.4, 0.5) is 21.0 Å². The Bertz CT molecular complexity index is 1520. The minimum absolute atomic E-state index is 0. The third-order valence-corrected chi connectivity index (χ3v) is 9.65. The second-order valence-electron chi connectivity index (χ2n) is 16.4. The molecular formula is C43H70N6O7. The maximum absolute atomic E-state index is 12.2. The van der Waals surface area contributed by atoms with Gasteiger partial charge in [0.1, 0.15) is 17.5 Å². The molecule has 0 aromatic heterocycles. The van der Waals surface area contributed by atoms with Gasteiger partial charge in [0.2, 0.25) is 0 Å². The highest BCUT2D eigenvalue weighted by Gasteiger charge is 2.26. The van der Waals surface area contributed by atoms with Crippen molar-refractivity contribution >= 4 is 29.8 Å². The van der Waals surface area contributed by atoms with E-state index in [4.69, 9.17) is 18.9 Å². The number of benzene rings is 2. The summed E-state index contributed by atoms with van der Waals surface area (Å²) >= 11 is 0. The monoisotopic (exact) mass is 783 g/mol. The van der Waals surface area contributed by atoms with Crippen LogP contribution in [0.2, 0.25) is 0 Å². The molecule has 0 bridgehead atoms. The molecule has 4 aliphatic rings. The Balaban J connectivity index is 0.000000245. The van der Waals surface area contributed by atoms with E-state index in [1.165, 1.54) is 22.5 Å². The van der Waals surface area contributed by atoms with Gasteiger partial charge in [-0.2, -0.15) is 0 Å². The molecule has 4 saturated heterocycles. The van der Waals surface area contributed by atoms with Gasteiger partial charge in [-0.05, 0) is 102 Å². The van der Waals surface area contributed by atoms with Crippen molar-refractivity contribution in [3.8, 4) is 0 Å². The second-order valence-corrected chi connectivity index (χ2v) is 16.4. The number of ether oxygens (including phenoxy) is 4. The number of carbonyl (C=O) groups excluding carboxylic acids is 3. The minimum Gasteiger partial charge on any atom is -0.444 e. The molecule has 0 aliphatic carbocycles. The smallest absolute Gasteiger partial charge is 0.410 e. The molecule has 0 saturated carbocycles. The van der Waals surface area contributed by atoms with Gasteiger partial charge in [0.05, 0.1) is 26.4 Å². The number of carbonyl (C=O) groups is 3. The lowest BCUT2D eigenvalue weighted by Crippen LogP contribution is -2.49. The van der Waals surface area contributed by atoms with Crippen LogP contribution in [0, 0.1) is 13.8 Å². The summed E-state index contributed by atoms with van der Waals surface area (Å²) < 4.78 is 21.5. The number of hydrogen-bond donors (Lipinski definition) is 1. The molecule has 4 heterocycles. The van der Waals surface area contributed by atoms with Crippen LogP contribution in [0.3, 0.4) is 0 Å². The lowest BCUT2D eigenvalue weighted by molar-refractivity contribution is 0.0137. The summed E-state index contributed by atoms with van der Waals surface area (Å²) in [6.45, 7) is 29.8. The molecule has 1 N–H and O–H groups in total. The lowest BCUT2D eigenvalue weighted by Gasteiger charge is -2.36. The third-order valence-electron chi connectivity index (χ3n) is 9.65. The Hall–Kier alpha value is -3.91. The van der Waals surface area contributed by atoms with Crippen LogP contribution in [0.5, 0.6) is 0 Å². The molecule has 2 aromatic carbocycles. The van der Waals surface area contributed by atoms with Crippen molar-refractivity contribution in [3.63, 3.8) is 0 Å². The number of rotatable bonds is 5. The summed E-state index contributed by atoms with van der Waals surface area (Å²) in [5, 5.41) is 3.18. The third kappa shape index (κ3) is 15.6. The zero-order valence-electron chi connectivity index (χ0n) is 34.7. The fourth-order valence-electron chi connectivity index (χ4n) is 6.52. The number of anilines is 2. The van der Waals surface area contributed by atoms with Gasteiger partial charge in [-0.1, -0.05) is 13.5 Å². The summed E-state index contributed by atoms with van der Waals surface area (Å²) in [6, 6.07) is 12.7. The molecule has 56 heavy (non-hydrogen) atoms. The highest BCUT2D eigenvalue weighted by molar-refractivity contribution is 5.78. The highest BCUT2D eigenvalue weighted by atomic mass is 16.6. The van der Waals surface area contributed by atoms with Crippen LogP contribution in [0.15, 0.2) is 36.4 Å². The van der Waals surface area contributed by atoms with Gasteiger partial charge in [0.15, 0.2) is 0 Å². The average molecular weight is 783 g/mol. The van der Waals surface area contributed by atoms with E-state index in [1.807, 2.05) is 65.5 Å². The summed E-state index contributed by atoms with van der Waals surface area (Å²) in [5.41, 5.74) is 6.14. The first-order valence-electron chi connectivity index (χ1n) is 19.8. The Morgan fingerprint density at radius 2 is 1.11 bits per heavy atom. The van der Waals surface area contributed by atoms with Crippen LogP contribution in [-0.4, -0.2) is 149 Å². The molecule has 4 aliphatic heterocycles. The van der Waals surface area contributed by atoms with Gasteiger partial charge >= 0.3 is 12.2 Å². The van der Waals surface area contributed by atoms with Crippen molar-refractivity contribution < 1.29 is 33.3 Å². The van der Waals surface area contributed by atoms with Gasteiger partial charge in [0, 0.05) is 102 Å². The number of aryl methyl sites for hydroxylation is 2. The SMILES string of the molecule is C.CC(C)(C)OC(=O)N1CCNCC1.Cc1cc(N2CCOCC2)ccc1C=O.Cc1cc(N2CCOCC2)ccc1CN1CCN(C(=O)OC(C)(C)C)CC1. The van der Waals surface area contributed by atoms with Crippen LogP contribution in [0.25, 0.3) is 0 Å². The second kappa shape index (κ2) is 22.1. The summed E-state index contributed by atoms with van der Waals surface area (Å²) in [5.74, 6) is 0. The van der Waals surface area contributed by atoms with Crippen molar-refractivity contribution in [2.24, 2.45) is 0 Å². The Morgan fingerprint density at radius 1 is 0.661 bits per heavy atom. The van der Waals surface area contributed by atoms with E-state index in [2.05, 4.69) is 51.2 Å². The van der Waals surface area contributed by atoms with Crippen molar-refractivity contribution in [1.29, 1.82) is 0 Å². The first-order chi connectivity index (χ1) is 26.1. The van der Waals surface area contributed by atoms with Gasteiger partial charge in [0.25, 0.3) is 0 Å². The molecule has 13 nitrogen and oxygen atoms in total. The largest absolute Gasteiger partial charge is 0.444 e. The van der Waals surface area contributed by atoms with Gasteiger partial charge in [-0.25, -0.2) is 9.59 Å². The van der Waals surface area contributed by atoms with E-state index in [1.54, 1.807) is 4.90 Å². The normalized spacial score (nSPS) is 18.0. The van der Waals surface area contributed by atoms with Gasteiger partial charge in [-0.15, -0.1) is 0 Å². The summed E-state index contributed by atoms with van der Waals surface area (Å²) in [6.07, 6.45) is 0.500. The lowest BCUT2D eigenvalue weighted by atomic mass is 10.1. The molecule has 0 radical (unpaired) electrons. The minimum atomic E-state index is -0.437. The molecule has 2 aromatic rings. The Labute approximate surface area is 336 Å². The molecule has 314 valence electrons. The number of piperazine rings is 2. The molecule has 0 spiro atoms. The van der Waals surface area contributed by atoms with Gasteiger partial charge < -0.3 is 43.9 Å². The van der Waals surface area contributed by atoms with E-state index >= 15 is 0 Å². The molecular weight excluding hydrogens is 713 g/mol. The van der Waals surface area contributed by atoms with E-state index in [0.717, 1.165) is 129 Å². The zero-order valence-corrected chi connectivity index (χ0v) is 34.7. The predicted octanol–water partition coefficient (Wildman–Crippen LogP) is 5.99. The number of nitrogens with zero attached hydrogens (tertiary/aromatic N) is 5. The standard InChI is InChI=1S/C21H33N3O3.C12H15NO2.C9H18N2O2.CH4/c1-17-15-19(23-11-13-26-14-12-23)6-5-18(17)16-22-7-9-24(10-8-22)20(25)27-21(2,3)4;1-10-8-12(3-2-11(10)9-14)13-4-6-15-7-5-13;1-9(2,3)13-8(12)11-6-4-10-5-7-11;/h5-6,15H,7-14,16H2,1-4H3;2-3,8-9H,4-7H2,1H3;10H,4-7H2,1-3H3;1H4. The predicted molar refractivity (Wildman–Crippen MR) is 224 cm³/mol. The van der Waals surface area contributed by atoms with E-state index in [9.17, 15) is 14.4 Å². The molecule has 4 fully saturated rings. The molecule has 0 atom stereocenters. The molecule has 0 unspecified atom stereocenters. The zero-order chi connectivity index (χ0) is 40.0. The quantitative estimate of drug-likeness (QED) is 0.361. The Kier molecular flexibility index (Phi) is 18.4. The maximum Gasteiger partial charge on any atom is 0.410 e. The average Bonchev–Trinajstić information content (AvgIpc) is 3.16. The molecule has 13 heteroatoms. The summed E-state index contributed by atoms with van der Waals surface area (Å²) in [4.78, 5) is 45.0. The maximum atomic E-state index is 12.2. The van der Waals surface area contributed by atoms with Crippen molar-refractivity contribution in [3.05, 3.63) is 58.7 Å². The van der Waals surface area contributed by atoms with Crippen LogP contribution in [0.1, 0.15) is 76.0 Å². The summed E-state index contributed by atoms with van der Waals surface area (Å²) in [7, 11) is 0. The highest BCUT2D eigenvalue weighted by Crippen LogP contribution is 2.23. The van der Waals surface area contributed by atoms with E-state index < -0.39 is 5.60 Å². The van der Waals surface area contributed by atoms with Crippen LogP contribution in [-0.2, 0) is 25.5 Å². The molecule has 6 rings (SSSR count).